The molecule has 0 N–H and O–H groups in total. The molecule has 1 aromatic carbocycles. The van der Waals surface area contributed by atoms with Crippen LogP contribution in [0.4, 0.5) is 0 Å². The summed E-state index contributed by atoms with van der Waals surface area (Å²) < 4.78 is 11.0. The van der Waals surface area contributed by atoms with Gasteiger partial charge < -0.3 is 14.2 Å². The van der Waals surface area contributed by atoms with Crippen molar-refractivity contribution in [1.29, 1.82) is 0 Å². The van der Waals surface area contributed by atoms with Crippen LogP contribution in [-0.4, -0.2) is 40.2 Å². The lowest BCUT2D eigenvalue weighted by molar-refractivity contribution is -0.0600. The Kier molecular flexibility index (Phi) is 4.29. The lowest BCUT2D eigenvalue weighted by atomic mass is 9.80. The molecule has 1 aromatic heterocycles. The number of amides is 1. The molecule has 2 aromatic rings. The third kappa shape index (κ3) is 3.06. The van der Waals surface area contributed by atoms with Gasteiger partial charge in [-0.05, 0) is 50.3 Å². The Hall–Kier alpha value is -2.21. The van der Waals surface area contributed by atoms with Gasteiger partial charge in [0.25, 0.3) is 11.8 Å². The van der Waals surface area contributed by atoms with E-state index in [1.54, 1.807) is 11.8 Å². The lowest BCUT2D eigenvalue weighted by Crippen LogP contribution is -2.47. The monoisotopic (exact) mass is 341 g/mol. The second-order valence-corrected chi connectivity index (χ2v) is 6.95. The maximum atomic E-state index is 13.1. The van der Waals surface area contributed by atoms with Crippen LogP contribution in [0, 0.1) is 6.92 Å². The van der Waals surface area contributed by atoms with Crippen molar-refractivity contribution in [3.05, 3.63) is 47.1 Å². The molecule has 2 heterocycles. The average Bonchev–Trinajstić information content (AvgIpc) is 2.99. The molecule has 0 bridgehead atoms. The molecule has 25 heavy (non-hydrogen) atoms. The van der Waals surface area contributed by atoms with Gasteiger partial charge in [-0.15, -0.1) is 0 Å². The number of ether oxygens (including phenoxy) is 1. The van der Waals surface area contributed by atoms with Crippen LogP contribution < -0.4 is 0 Å². The molecule has 1 saturated heterocycles. The van der Waals surface area contributed by atoms with E-state index in [0.29, 0.717) is 36.3 Å². The van der Waals surface area contributed by atoms with Crippen LogP contribution >= 0.6 is 0 Å². The van der Waals surface area contributed by atoms with Gasteiger partial charge in [0.2, 0.25) is 0 Å². The molecule has 0 radical (unpaired) electrons. The molecule has 132 valence electrons. The lowest BCUT2D eigenvalue weighted by Gasteiger charge is -2.37. The first-order chi connectivity index (χ1) is 12.1. The molecule has 1 saturated carbocycles. The zero-order valence-electron chi connectivity index (χ0n) is 14.6. The Morgan fingerprint density at radius 1 is 1.24 bits per heavy atom. The van der Waals surface area contributed by atoms with Crippen LogP contribution in [0.25, 0.3) is 0 Å². The van der Waals surface area contributed by atoms with Gasteiger partial charge in [0.15, 0.2) is 5.82 Å². The van der Waals surface area contributed by atoms with Crippen molar-refractivity contribution in [1.82, 2.24) is 15.0 Å². The van der Waals surface area contributed by atoms with Gasteiger partial charge in [0.1, 0.15) is 6.04 Å². The van der Waals surface area contributed by atoms with E-state index in [-0.39, 0.29) is 18.1 Å². The van der Waals surface area contributed by atoms with Crippen molar-refractivity contribution in [3.8, 4) is 0 Å². The van der Waals surface area contributed by atoms with Crippen molar-refractivity contribution in [2.45, 2.75) is 51.2 Å². The Labute approximate surface area is 147 Å². The highest BCUT2D eigenvalue weighted by Crippen LogP contribution is 2.36. The zero-order valence-corrected chi connectivity index (χ0v) is 14.6. The van der Waals surface area contributed by atoms with E-state index < -0.39 is 0 Å². The molecular weight excluding hydrogens is 318 g/mol. The van der Waals surface area contributed by atoms with Crippen LogP contribution in [0.1, 0.15) is 65.8 Å². The van der Waals surface area contributed by atoms with Crippen molar-refractivity contribution in [2.75, 3.05) is 13.2 Å². The summed E-state index contributed by atoms with van der Waals surface area (Å²) in [7, 11) is 0. The van der Waals surface area contributed by atoms with E-state index >= 15 is 0 Å². The number of hydrogen-bond acceptors (Lipinski definition) is 5. The van der Waals surface area contributed by atoms with Crippen LogP contribution in [0.5, 0.6) is 0 Å². The molecule has 1 amide bonds. The van der Waals surface area contributed by atoms with Gasteiger partial charge in [-0.2, -0.15) is 4.98 Å². The van der Waals surface area contributed by atoms with E-state index in [1.807, 2.05) is 19.1 Å². The molecule has 2 fully saturated rings. The number of aromatic nitrogens is 2. The van der Waals surface area contributed by atoms with Gasteiger partial charge in [-0.3, -0.25) is 4.79 Å². The van der Waals surface area contributed by atoms with Gasteiger partial charge in [-0.1, -0.05) is 23.7 Å². The van der Waals surface area contributed by atoms with Crippen molar-refractivity contribution >= 4 is 5.91 Å². The fourth-order valence-electron chi connectivity index (χ4n) is 3.62. The third-order valence-corrected chi connectivity index (χ3v) is 5.28. The maximum absolute atomic E-state index is 13.1. The molecule has 4 rings (SSSR count). The van der Waals surface area contributed by atoms with E-state index in [4.69, 9.17) is 9.26 Å². The van der Waals surface area contributed by atoms with E-state index in [9.17, 15) is 4.79 Å². The van der Waals surface area contributed by atoms with Crippen LogP contribution in [0.3, 0.4) is 0 Å². The summed E-state index contributed by atoms with van der Waals surface area (Å²) in [5.41, 5.74) is 2.03. The van der Waals surface area contributed by atoms with Gasteiger partial charge >= 0.3 is 0 Å². The SMILES string of the molecule is Cc1noc([C@@H]2[C@@H](C)OCCN2C(=O)c2ccc(C3CCC3)cc2)n1. The first-order valence-electron chi connectivity index (χ1n) is 8.96. The minimum atomic E-state index is -0.353. The van der Waals surface area contributed by atoms with Gasteiger partial charge in [0, 0.05) is 12.1 Å². The van der Waals surface area contributed by atoms with E-state index in [2.05, 4.69) is 22.3 Å². The van der Waals surface area contributed by atoms with Crippen LogP contribution in [0.2, 0.25) is 0 Å². The van der Waals surface area contributed by atoms with Crippen molar-refractivity contribution < 1.29 is 14.1 Å². The number of morpholine rings is 1. The highest BCUT2D eigenvalue weighted by molar-refractivity contribution is 5.94. The molecule has 0 unspecified atom stereocenters. The van der Waals surface area contributed by atoms with Crippen LogP contribution in [-0.2, 0) is 4.74 Å². The summed E-state index contributed by atoms with van der Waals surface area (Å²) in [5.74, 6) is 1.65. The summed E-state index contributed by atoms with van der Waals surface area (Å²) in [6.45, 7) is 4.73. The Morgan fingerprint density at radius 3 is 2.60 bits per heavy atom. The number of hydrogen-bond donors (Lipinski definition) is 0. The number of nitrogens with zero attached hydrogens (tertiary/aromatic N) is 3. The number of aryl methyl sites for hydroxylation is 1. The fourth-order valence-corrected chi connectivity index (χ4v) is 3.62. The normalized spacial score (nSPS) is 24.2. The van der Waals surface area contributed by atoms with Crippen molar-refractivity contribution in [3.63, 3.8) is 0 Å². The predicted octanol–water partition coefficient (Wildman–Crippen LogP) is 3.25. The molecule has 2 atom stereocenters. The second-order valence-electron chi connectivity index (χ2n) is 6.95. The summed E-state index contributed by atoms with van der Waals surface area (Å²) in [4.78, 5) is 19.2. The topological polar surface area (TPSA) is 68.5 Å². The number of benzene rings is 1. The van der Waals surface area contributed by atoms with Gasteiger partial charge in [0.05, 0.1) is 12.7 Å². The number of carbonyl (C=O) groups is 1. The molecule has 1 aliphatic heterocycles. The molecule has 2 aliphatic rings. The summed E-state index contributed by atoms with van der Waals surface area (Å²) in [5, 5.41) is 3.86. The van der Waals surface area contributed by atoms with E-state index in [0.717, 1.165) is 0 Å². The highest BCUT2D eigenvalue weighted by Gasteiger charge is 2.38. The Balaban J connectivity index is 1.58. The first-order valence-corrected chi connectivity index (χ1v) is 8.96. The molecule has 6 heteroatoms. The molecule has 6 nitrogen and oxygen atoms in total. The average molecular weight is 341 g/mol. The number of carbonyl (C=O) groups excluding carboxylic acids is 1. The Bertz CT molecular complexity index is 752. The molecule has 1 aliphatic carbocycles. The van der Waals surface area contributed by atoms with Gasteiger partial charge in [-0.25, -0.2) is 0 Å². The minimum Gasteiger partial charge on any atom is -0.374 e. The summed E-state index contributed by atoms with van der Waals surface area (Å²) in [6, 6.07) is 7.70. The second kappa shape index (κ2) is 6.59. The largest absolute Gasteiger partial charge is 0.374 e. The molecular formula is C19H23N3O3. The fraction of sp³-hybridized carbons (Fsp3) is 0.526. The third-order valence-electron chi connectivity index (χ3n) is 5.28. The van der Waals surface area contributed by atoms with Crippen molar-refractivity contribution in [2.24, 2.45) is 0 Å². The molecule has 0 spiro atoms. The Morgan fingerprint density at radius 2 is 2.00 bits per heavy atom. The van der Waals surface area contributed by atoms with Crippen LogP contribution in [0.15, 0.2) is 28.8 Å². The number of rotatable bonds is 3. The quantitative estimate of drug-likeness (QED) is 0.857. The highest BCUT2D eigenvalue weighted by atomic mass is 16.5. The predicted molar refractivity (Wildman–Crippen MR) is 91.3 cm³/mol. The summed E-state index contributed by atoms with van der Waals surface area (Å²) >= 11 is 0. The first kappa shape index (κ1) is 16.3. The summed E-state index contributed by atoms with van der Waals surface area (Å²) in [6.07, 6.45) is 3.63. The maximum Gasteiger partial charge on any atom is 0.254 e. The minimum absolute atomic E-state index is 0.0174. The zero-order chi connectivity index (χ0) is 17.4. The van der Waals surface area contributed by atoms with E-state index in [1.165, 1.54) is 24.8 Å². The standard InChI is InChI=1S/C19H23N3O3/c1-12-17(18-20-13(2)21-25-18)22(10-11-24-12)19(23)16-8-6-15(7-9-16)14-4-3-5-14/h6-9,12,14,17H,3-5,10-11H2,1-2H3/t12-,17+/m1/s1. The smallest absolute Gasteiger partial charge is 0.254 e.